The molecule has 0 fully saturated rings. The molecule has 1 aliphatic rings. The number of carbonyl (C=O) groups is 1. The van der Waals surface area contributed by atoms with Crippen LogP contribution in [0.1, 0.15) is 55.4 Å². The number of benzene rings is 2. The highest BCUT2D eigenvalue weighted by molar-refractivity contribution is 5.95. The number of aromatic nitrogens is 6. The number of hydrogen-bond acceptors (Lipinski definition) is 7. The average molecular weight is 484 g/mol. The quantitative estimate of drug-likeness (QED) is 0.422. The first-order valence-corrected chi connectivity index (χ1v) is 12.2. The topological polar surface area (TPSA) is 110 Å². The van der Waals surface area contributed by atoms with Crippen molar-refractivity contribution in [3.8, 4) is 22.5 Å². The molecular formula is C27H29N7O2. The van der Waals surface area contributed by atoms with Gasteiger partial charge in [-0.2, -0.15) is 0 Å². The zero-order valence-electron chi connectivity index (χ0n) is 20.7. The number of amides is 1. The lowest BCUT2D eigenvalue weighted by Gasteiger charge is -2.29. The molecule has 2 aromatic carbocycles. The summed E-state index contributed by atoms with van der Waals surface area (Å²) in [6.07, 6.45) is 1.97. The Morgan fingerprint density at radius 3 is 2.50 bits per heavy atom. The minimum atomic E-state index is -0.259. The van der Waals surface area contributed by atoms with Gasteiger partial charge in [-0.3, -0.25) is 9.69 Å². The number of anilines is 1. The van der Waals surface area contributed by atoms with Gasteiger partial charge in [-0.1, -0.05) is 55.5 Å². The minimum absolute atomic E-state index is 0.0239. The minimum Gasteiger partial charge on any atom is -0.388 e. The summed E-state index contributed by atoms with van der Waals surface area (Å²) in [5.74, 6) is 1.71. The van der Waals surface area contributed by atoms with Crippen LogP contribution >= 0.6 is 0 Å². The van der Waals surface area contributed by atoms with Crippen LogP contribution in [0.25, 0.3) is 22.5 Å². The van der Waals surface area contributed by atoms with E-state index in [1.54, 1.807) is 4.90 Å². The third-order valence-electron chi connectivity index (χ3n) is 6.80. The normalized spacial score (nSPS) is 14.1. The van der Waals surface area contributed by atoms with E-state index in [1.165, 1.54) is 0 Å². The summed E-state index contributed by atoms with van der Waals surface area (Å²) in [4.78, 5) is 23.4. The van der Waals surface area contributed by atoms with E-state index in [-0.39, 0.29) is 18.6 Å². The standard InChI is InChI=1S/C27H29N7O2/c1-4-17(2)34-27(30-31-32-34)23-8-6-5-7-22(23)20-11-9-19(10-12-20)15-33-25(36)14-13-21-18(3)28-24(16-35)29-26(21)33/h5-12,17,35H,4,13-16H2,1-3H3. The summed E-state index contributed by atoms with van der Waals surface area (Å²) < 4.78 is 1.87. The third kappa shape index (κ3) is 4.37. The zero-order valence-corrected chi connectivity index (χ0v) is 20.7. The van der Waals surface area contributed by atoms with Gasteiger partial charge in [0.25, 0.3) is 0 Å². The van der Waals surface area contributed by atoms with Crippen LogP contribution in [0.5, 0.6) is 0 Å². The van der Waals surface area contributed by atoms with Gasteiger partial charge < -0.3 is 5.11 Å². The van der Waals surface area contributed by atoms with E-state index >= 15 is 0 Å². The Balaban J connectivity index is 1.45. The van der Waals surface area contributed by atoms with Crippen molar-refractivity contribution in [1.82, 2.24) is 30.2 Å². The smallest absolute Gasteiger partial charge is 0.228 e. The first kappa shape index (κ1) is 23.7. The Kier molecular flexibility index (Phi) is 6.56. The highest BCUT2D eigenvalue weighted by Crippen LogP contribution is 2.33. The molecule has 4 aromatic rings. The number of tetrazole rings is 1. The van der Waals surface area contributed by atoms with E-state index in [2.05, 4.69) is 57.5 Å². The van der Waals surface area contributed by atoms with E-state index in [0.717, 1.165) is 45.8 Å². The van der Waals surface area contributed by atoms with Gasteiger partial charge in [0, 0.05) is 23.2 Å². The summed E-state index contributed by atoms with van der Waals surface area (Å²) in [5, 5.41) is 22.0. The van der Waals surface area contributed by atoms with Crippen molar-refractivity contribution in [2.45, 2.75) is 59.2 Å². The average Bonchev–Trinajstić information content (AvgIpc) is 3.40. The summed E-state index contributed by atoms with van der Waals surface area (Å²) in [6.45, 7) is 6.26. The fourth-order valence-corrected chi connectivity index (χ4v) is 4.62. The number of hydrogen-bond donors (Lipinski definition) is 1. The predicted octanol–water partition coefficient (Wildman–Crippen LogP) is 4.05. The molecule has 9 heteroatoms. The van der Waals surface area contributed by atoms with Crippen LogP contribution in [-0.2, 0) is 24.4 Å². The lowest BCUT2D eigenvalue weighted by Crippen LogP contribution is -2.36. The van der Waals surface area contributed by atoms with Gasteiger partial charge in [-0.15, -0.1) is 5.10 Å². The molecule has 1 amide bonds. The molecule has 1 N–H and O–H groups in total. The number of aliphatic hydroxyl groups excluding tert-OH is 1. The van der Waals surface area contributed by atoms with E-state index < -0.39 is 0 Å². The molecule has 1 unspecified atom stereocenters. The second-order valence-corrected chi connectivity index (χ2v) is 9.11. The van der Waals surface area contributed by atoms with Crippen LogP contribution < -0.4 is 4.90 Å². The zero-order chi connectivity index (χ0) is 25.2. The van der Waals surface area contributed by atoms with Crippen molar-refractivity contribution >= 4 is 11.7 Å². The molecule has 0 saturated carbocycles. The molecule has 0 aliphatic carbocycles. The molecule has 0 saturated heterocycles. The summed E-state index contributed by atoms with van der Waals surface area (Å²) in [7, 11) is 0. The molecule has 9 nitrogen and oxygen atoms in total. The Bertz CT molecular complexity index is 1400. The van der Waals surface area contributed by atoms with Crippen LogP contribution in [0.3, 0.4) is 0 Å². The van der Waals surface area contributed by atoms with Crippen molar-refractivity contribution in [1.29, 1.82) is 0 Å². The van der Waals surface area contributed by atoms with Crippen LogP contribution in [0.15, 0.2) is 48.5 Å². The monoisotopic (exact) mass is 483 g/mol. The molecular weight excluding hydrogens is 454 g/mol. The fraction of sp³-hybridized carbons (Fsp3) is 0.333. The van der Waals surface area contributed by atoms with Crippen molar-refractivity contribution in [2.24, 2.45) is 0 Å². The van der Waals surface area contributed by atoms with Crippen LogP contribution in [0.2, 0.25) is 0 Å². The Morgan fingerprint density at radius 1 is 1.03 bits per heavy atom. The summed E-state index contributed by atoms with van der Waals surface area (Å²) in [5.41, 5.74) is 5.82. The summed E-state index contributed by atoms with van der Waals surface area (Å²) >= 11 is 0. The molecule has 1 atom stereocenters. The highest BCUT2D eigenvalue weighted by atomic mass is 16.3. The number of rotatable bonds is 7. The molecule has 184 valence electrons. The van der Waals surface area contributed by atoms with Gasteiger partial charge >= 0.3 is 0 Å². The van der Waals surface area contributed by atoms with Crippen LogP contribution in [0, 0.1) is 6.92 Å². The molecule has 1 aliphatic heterocycles. The maximum atomic E-state index is 12.8. The largest absolute Gasteiger partial charge is 0.388 e. The highest BCUT2D eigenvalue weighted by Gasteiger charge is 2.28. The van der Waals surface area contributed by atoms with E-state index in [4.69, 9.17) is 0 Å². The van der Waals surface area contributed by atoms with Gasteiger partial charge in [0.15, 0.2) is 11.6 Å². The molecule has 3 heterocycles. The number of fused-ring (bicyclic) bond motifs is 1. The SMILES string of the molecule is CCC(C)n1nnnc1-c1ccccc1-c1ccc(CN2C(=O)CCc3c(C)nc(CO)nc32)cc1. The lowest BCUT2D eigenvalue weighted by molar-refractivity contribution is -0.119. The second-order valence-electron chi connectivity index (χ2n) is 9.11. The van der Waals surface area contributed by atoms with Gasteiger partial charge in [-0.05, 0) is 53.8 Å². The lowest BCUT2D eigenvalue weighted by atomic mass is 9.97. The Hall–Kier alpha value is -3.98. The van der Waals surface area contributed by atoms with Crippen molar-refractivity contribution in [2.75, 3.05) is 4.90 Å². The maximum Gasteiger partial charge on any atom is 0.228 e. The molecule has 0 bridgehead atoms. The van der Waals surface area contributed by atoms with Crippen LogP contribution in [-0.4, -0.2) is 41.2 Å². The van der Waals surface area contributed by atoms with E-state index in [1.807, 2.05) is 41.9 Å². The van der Waals surface area contributed by atoms with E-state index in [0.29, 0.717) is 31.0 Å². The molecule has 2 aromatic heterocycles. The first-order valence-electron chi connectivity index (χ1n) is 12.2. The molecule has 36 heavy (non-hydrogen) atoms. The van der Waals surface area contributed by atoms with Gasteiger partial charge in [0.1, 0.15) is 12.4 Å². The number of carbonyl (C=O) groups excluding carboxylic acids is 1. The Morgan fingerprint density at radius 2 is 1.78 bits per heavy atom. The van der Waals surface area contributed by atoms with Gasteiger partial charge in [0.05, 0.1) is 12.6 Å². The van der Waals surface area contributed by atoms with Crippen LogP contribution in [0.4, 0.5) is 5.82 Å². The van der Waals surface area contributed by atoms with Crippen molar-refractivity contribution in [3.63, 3.8) is 0 Å². The molecule has 0 radical (unpaired) electrons. The molecule has 5 rings (SSSR count). The maximum absolute atomic E-state index is 12.8. The third-order valence-corrected chi connectivity index (χ3v) is 6.80. The second kappa shape index (κ2) is 9.94. The Labute approximate surface area is 209 Å². The fourth-order valence-electron chi connectivity index (χ4n) is 4.62. The van der Waals surface area contributed by atoms with Crippen molar-refractivity contribution in [3.05, 3.63) is 71.2 Å². The summed E-state index contributed by atoms with van der Waals surface area (Å²) in [6, 6.07) is 16.5. The number of nitrogens with zero attached hydrogens (tertiary/aromatic N) is 7. The molecule has 0 spiro atoms. The number of aliphatic hydroxyl groups is 1. The van der Waals surface area contributed by atoms with Gasteiger partial charge in [0.2, 0.25) is 5.91 Å². The first-order chi connectivity index (χ1) is 17.5. The predicted molar refractivity (Wildman–Crippen MR) is 136 cm³/mol. The number of aryl methyl sites for hydroxylation is 1. The van der Waals surface area contributed by atoms with Gasteiger partial charge in [-0.25, -0.2) is 14.6 Å². The van der Waals surface area contributed by atoms with E-state index in [9.17, 15) is 9.90 Å². The van der Waals surface area contributed by atoms with Crippen molar-refractivity contribution < 1.29 is 9.90 Å².